The molecule has 0 spiro atoms. The van der Waals surface area contributed by atoms with Crippen LogP contribution in [0.2, 0.25) is 0 Å². The Morgan fingerprint density at radius 1 is 1.17 bits per heavy atom. The fraction of sp³-hybridized carbons (Fsp3) is 0.350. The summed E-state index contributed by atoms with van der Waals surface area (Å²) in [6.07, 6.45) is 1.66. The number of piperidine rings is 1. The molecule has 3 nitrogen and oxygen atoms in total. The number of halogens is 1. The van der Waals surface area contributed by atoms with Crippen molar-refractivity contribution >= 4 is 5.91 Å². The first-order chi connectivity index (χ1) is 11.6. The topological polar surface area (TPSA) is 41.1 Å². The number of carbonyl (C=O) groups is 1. The molecule has 1 amide bonds. The third kappa shape index (κ3) is 4.01. The molecule has 1 aliphatic rings. The molecule has 2 aromatic carbocycles. The molecule has 3 atom stereocenters. The van der Waals surface area contributed by atoms with Gasteiger partial charge in [-0.25, -0.2) is 4.39 Å². The average molecular weight is 326 g/mol. The largest absolute Gasteiger partial charge is 0.345 e. The first-order valence-corrected chi connectivity index (χ1v) is 8.47. The highest BCUT2D eigenvalue weighted by atomic mass is 19.1. The van der Waals surface area contributed by atoms with Gasteiger partial charge in [-0.3, -0.25) is 4.79 Å². The zero-order chi connectivity index (χ0) is 16.9. The lowest BCUT2D eigenvalue weighted by atomic mass is 9.91. The van der Waals surface area contributed by atoms with Gasteiger partial charge in [-0.2, -0.15) is 0 Å². The molecule has 24 heavy (non-hydrogen) atoms. The van der Waals surface area contributed by atoms with Crippen LogP contribution in [0.15, 0.2) is 54.6 Å². The molecule has 0 bridgehead atoms. The molecule has 0 radical (unpaired) electrons. The summed E-state index contributed by atoms with van der Waals surface area (Å²) >= 11 is 0. The summed E-state index contributed by atoms with van der Waals surface area (Å²) < 4.78 is 13.7. The predicted molar refractivity (Wildman–Crippen MR) is 93.0 cm³/mol. The molecule has 1 unspecified atom stereocenters. The third-order valence-corrected chi connectivity index (χ3v) is 4.60. The molecule has 0 aliphatic carbocycles. The van der Waals surface area contributed by atoms with Crippen LogP contribution >= 0.6 is 0 Å². The van der Waals surface area contributed by atoms with E-state index in [0.717, 1.165) is 30.5 Å². The number of hydrogen-bond donors (Lipinski definition) is 2. The zero-order valence-electron chi connectivity index (χ0n) is 13.8. The van der Waals surface area contributed by atoms with Gasteiger partial charge in [0.2, 0.25) is 5.91 Å². The Kier molecular flexibility index (Phi) is 5.26. The SMILES string of the molecule is C[C@H]1C[C@@H](C(=O)NC(c2ccccc2)c2cccc(F)c2)CCN1. The van der Waals surface area contributed by atoms with E-state index in [-0.39, 0.29) is 23.7 Å². The van der Waals surface area contributed by atoms with Crippen LogP contribution < -0.4 is 10.6 Å². The first kappa shape index (κ1) is 16.7. The second-order valence-corrected chi connectivity index (χ2v) is 6.48. The van der Waals surface area contributed by atoms with Crippen LogP contribution in [-0.4, -0.2) is 18.5 Å². The normalized spacial score (nSPS) is 21.9. The van der Waals surface area contributed by atoms with E-state index in [0.29, 0.717) is 6.04 Å². The van der Waals surface area contributed by atoms with E-state index in [1.165, 1.54) is 12.1 Å². The Hall–Kier alpha value is -2.20. The van der Waals surface area contributed by atoms with Gasteiger partial charge < -0.3 is 10.6 Å². The van der Waals surface area contributed by atoms with Gasteiger partial charge in [-0.05, 0) is 49.6 Å². The van der Waals surface area contributed by atoms with Crippen molar-refractivity contribution < 1.29 is 9.18 Å². The highest BCUT2D eigenvalue weighted by molar-refractivity contribution is 5.79. The quantitative estimate of drug-likeness (QED) is 0.904. The Balaban J connectivity index is 1.84. The minimum absolute atomic E-state index is 0.000946. The Bertz CT molecular complexity index is 689. The lowest BCUT2D eigenvalue weighted by molar-refractivity contribution is -0.126. The van der Waals surface area contributed by atoms with Crippen molar-refractivity contribution in [2.75, 3.05) is 6.54 Å². The minimum Gasteiger partial charge on any atom is -0.345 e. The van der Waals surface area contributed by atoms with Gasteiger partial charge in [0.25, 0.3) is 0 Å². The Labute approximate surface area is 142 Å². The molecular formula is C20H23FN2O. The van der Waals surface area contributed by atoms with Gasteiger partial charge in [0.1, 0.15) is 5.82 Å². The summed E-state index contributed by atoms with van der Waals surface area (Å²) in [6, 6.07) is 16.2. The standard InChI is InChI=1S/C20H23FN2O/c1-14-12-17(10-11-22-14)20(24)23-19(15-6-3-2-4-7-15)16-8-5-9-18(21)13-16/h2-9,13-14,17,19,22H,10-12H2,1H3,(H,23,24)/t14-,17-,19?/m0/s1. The first-order valence-electron chi connectivity index (χ1n) is 8.47. The predicted octanol–water partition coefficient (Wildman–Crippen LogP) is 3.42. The number of hydrogen-bond acceptors (Lipinski definition) is 2. The summed E-state index contributed by atoms with van der Waals surface area (Å²) in [5, 5.41) is 6.50. The van der Waals surface area contributed by atoms with Gasteiger partial charge >= 0.3 is 0 Å². The maximum absolute atomic E-state index is 13.7. The smallest absolute Gasteiger partial charge is 0.223 e. The number of rotatable bonds is 4. The molecule has 1 fully saturated rings. The fourth-order valence-corrected chi connectivity index (χ4v) is 3.32. The highest BCUT2D eigenvalue weighted by Crippen LogP contribution is 2.25. The van der Waals surface area contributed by atoms with Crippen LogP contribution in [0.3, 0.4) is 0 Å². The van der Waals surface area contributed by atoms with E-state index in [9.17, 15) is 9.18 Å². The summed E-state index contributed by atoms with van der Waals surface area (Å²) in [7, 11) is 0. The van der Waals surface area contributed by atoms with Crippen LogP contribution in [0.5, 0.6) is 0 Å². The van der Waals surface area contributed by atoms with Crippen LogP contribution in [0.25, 0.3) is 0 Å². The second-order valence-electron chi connectivity index (χ2n) is 6.48. The van der Waals surface area contributed by atoms with E-state index in [2.05, 4.69) is 17.6 Å². The molecule has 1 saturated heterocycles. The average Bonchev–Trinajstić information content (AvgIpc) is 2.60. The van der Waals surface area contributed by atoms with Crippen molar-refractivity contribution in [2.45, 2.75) is 31.8 Å². The van der Waals surface area contributed by atoms with Gasteiger partial charge in [-0.1, -0.05) is 42.5 Å². The maximum atomic E-state index is 13.7. The molecule has 0 aromatic heterocycles. The summed E-state index contributed by atoms with van der Waals surface area (Å²) in [4.78, 5) is 12.8. The van der Waals surface area contributed by atoms with Crippen LogP contribution in [0.1, 0.15) is 36.9 Å². The number of amides is 1. The van der Waals surface area contributed by atoms with Gasteiger partial charge in [0, 0.05) is 12.0 Å². The van der Waals surface area contributed by atoms with E-state index in [1.54, 1.807) is 6.07 Å². The van der Waals surface area contributed by atoms with Crippen molar-refractivity contribution in [3.63, 3.8) is 0 Å². The maximum Gasteiger partial charge on any atom is 0.223 e. The molecule has 2 N–H and O–H groups in total. The van der Waals surface area contributed by atoms with Gasteiger partial charge in [-0.15, -0.1) is 0 Å². The highest BCUT2D eigenvalue weighted by Gasteiger charge is 2.27. The van der Waals surface area contributed by atoms with Crippen molar-refractivity contribution in [3.8, 4) is 0 Å². The number of carbonyl (C=O) groups excluding carboxylic acids is 1. The third-order valence-electron chi connectivity index (χ3n) is 4.60. The molecule has 1 heterocycles. The zero-order valence-corrected chi connectivity index (χ0v) is 13.8. The summed E-state index contributed by atoms with van der Waals surface area (Å²) in [5.74, 6) is -0.249. The van der Waals surface area contributed by atoms with Gasteiger partial charge in [0.05, 0.1) is 6.04 Å². The van der Waals surface area contributed by atoms with Crippen molar-refractivity contribution in [1.29, 1.82) is 0 Å². The van der Waals surface area contributed by atoms with E-state index in [4.69, 9.17) is 0 Å². The molecule has 1 aliphatic heterocycles. The molecular weight excluding hydrogens is 303 g/mol. The van der Waals surface area contributed by atoms with Crippen molar-refractivity contribution in [1.82, 2.24) is 10.6 Å². The van der Waals surface area contributed by atoms with E-state index < -0.39 is 0 Å². The molecule has 3 rings (SSSR count). The van der Waals surface area contributed by atoms with Crippen molar-refractivity contribution in [2.24, 2.45) is 5.92 Å². The number of nitrogens with one attached hydrogen (secondary N) is 2. The fourth-order valence-electron chi connectivity index (χ4n) is 3.32. The Morgan fingerprint density at radius 2 is 1.92 bits per heavy atom. The molecule has 4 heteroatoms. The molecule has 0 saturated carbocycles. The van der Waals surface area contributed by atoms with Gasteiger partial charge in [0.15, 0.2) is 0 Å². The van der Waals surface area contributed by atoms with E-state index >= 15 is 0 Å². The monoisotopic (exact) mass is 326 g/mol. The Morgan fingerprint density at radius 3 is 2.62 bits per heavy atom. The van der Waals surface area contributed by atoms with Crippen LogP contribution in [0.4, 0.5) is 4.39 Å². The lowest BCUT2D eigenvalue weighted by Crippen LogP contribution is -2.43. The van der Waals surface area contributed by atoms with Crippen LogP contribution in [-0.2, 0) is 4.79 Å². The molecule has 126 valence electrons. The molecule has 2 aromatic rings. The lowest BCUT2D eigenvalue weighted by Gasteiger charge is -2.29. The number of benzene rings is 2. The second kappa shape index (κ2) is 7.58. The minimum atomic E-state index is -0.334. The summed E-state index contributed by atoms with van der Waals surface area (Å²) in [5.41, 5.74) is 1.72. The van der Waals surface area contributed by atoms with Crippen molar-refractivity contribution in [3.05, 3.63) is 71.5 Å². The van der Waals surface area contributed by atoms with Crippen LogP contribution in [0, 0.1) is 11.7 Å². The van der Waals surface area contributed by atoms with E-state index in [1.807, 2.05) is 36.4 Å². The summed E-state index contributed by atoms with van der Waals surface area (Å²) in [6.45, 7) is 2.95.